The number of hydrogen-bond acceptors (Lipinski definition) is 6. The lowest BCUT2D eigenvalue weighted by atomic mass is 10.2. The number of morpholine rings is 1. The third-order valence-corrected chi connectivity index (χ3v) is 4.23. The van der Waals surface area contributed by atoms with E-state index in [0.717, 1.165) is 57.3 Å². The van der Waals surface area contributed by atoms with Crippen LogP contribution >= 0.6 is 0 Å². The van der Waals surface area contributed by atoms with Gasteiger partial charge in [0.15, 0.2) is 0 Å². The van der Waals surface area contributed by atoms with Crippen LogP contribution in [0.5, 0.6) is 0 Å². The Bertz CT molecular complexity index is 435. The summed E-state index contributed by atoms with van der Waals surface area (Å²) in [5.41, 5.74) is 3.84. The van der Waals surface area contributed by atoms with Crippen LogP contribution in [0.2, 0.25) is 0 Å². The molecular formula is C14H23N5O. The lowest BCUT2D eigenvalue weighted by Crippen LogP contribution is -2.44. The average Bonchev–Trinajstić information content (AvgIpc) is 2.97. The van der Waals surface area contributed by atoms with Gasteiger partial charge in [0.25, 0.3) is 0 Å². The molecule has 0 amide bonds. The van der Waals surface area contributed by atoms with Gasteiger partial charge in [-0.05, 0) is 12.5 Å². The average molecular weight is 277 g/mol. The quantitative estimate of drug-likeness (QED) is 0.608. The number of nitrogen functional groups attached to an aromatic ring is 1. The number of ether oxygens (including phenoxy) is 1. The molecule has 1 atom stereocenters. The minimum Gasteiger partial charge on any atom is -0.379 e. The molecule has 20 heavy (non-hydrogen) atoms. The van der Waals surface area contributed by atoms with Crippen LogP contribution < -0.4 is 11.3 Å². The number of rotatable bonds is 4. The molecule has 2 aliphatic heterocycles. The summed E-state index contributed by atoms with van der Waals surface area (Å²) in [4.78, 5) is 9.31. The molecule has 6 heteroatoms. The van der Waals surface area contributed by atoms with Crippen molar-refractivity contribution in [2.45, 2.75) is 19.0 Å². The van der Waals surface area contributed by atoms with Crippen molar-refractivity contribution in [3.63, 3.8) is 0 Å². The fourth-order valence-corrected chi connectivity index (χ4v) is 3.13. The summed E-state index contributed by atoms with van der Waals surface area (Å²) >= 11 is 0. The van der Waals surface area contributed by atoms with Crippen molar-refractivity contribution in [2.75, 3.05) is 44.8 Å². The van der Waals surface area contributed by atoms with Gasteiger partial charge in [0.05, 0.1) is 13.2 Å². The zero-order valence-electron chi connectivity index (χ0n) is 11.8. The van der Waals surface area contributed by atoms with Crippen LogP contribution in [-0.4, -0.2) is 60.2 Å². The van der Waals surface area contributed by atoms with E-state index in [1.54, 1.807) is 6.20 Å². The van der Waals surface area contributed by atoms with Crippen LogP contribution in [-0.2, 0) is 11.3 Å². The Balaban J connectivity index is 1.57. The van der Waals surface area contributed by atoms with Gasteiger partial charge in [-0.2, -0.15) is 0 Å². The largest absolute Gasteiger partial charge is 0.379 e. The second kappa shape index (κ2) is 6.49. The molecule has 3 N–H and O–H groups in total. The molecule has 6 nitrogen and oxygen atoms in total. The van der Waals surface area contributed by atoms with Crippen LogP contribution in [0.3, 0.4) is 0 Å². The number of anilines is 1. The second-order valence-electron chi connectivity index (χ2n) is 5.48. The molecule has 110 valence electrons. The summed E-state index contributed by atoms with van der Waals surface area (Å²) in [5.74, 6) is 6.30. The standard InChI is InChI=1S/C14H23N5O/c15-17-14-12(2-1-4-16-14)10-18-5-3-13(11-18)19-6-8-20-9-7-19/h1-2,4,13H,3,5-11,15H2,(H,16,17). The lowest BCUT2D eigenvalue weighted by molar-refractivity contribution is 0.0184. The van der Waals surface area contributed by atoms with E-state index in [-0.39, 0.29) is 0 Å². The predicted molar refractivity (Wildman–Crippen MR) is 78.1 cm³/mol. The van der Waals surface area contributed by atoms with Gasteiger partial charge in [-0.3, -0.25) is 9.80 Å². The van der Waals surface area contributed by atoms with Crippen molar-refractivity contribution in [2.24, 2.45) is 5.84 Å². The number of nitrogens with two attached hydrogens (primary N) is 1. The number of nitrogens with one attached hydrogen (secondary N) is 1. The van der Waals surface area contributed by atoms with Gasteiger partial charge in [0, 0.05) is 50.5 Å². The molecule has 1 aromatic rings. The molecule has 0 bridgehead atoms. The molecule has 0 spiro atoms. The van der Waals surface area contributed by atoms with Crippen LogP contribution in [0.15, 0.2) is 18.3 Å². The smallest absolute Gasteiger partial charge is 0.144 e. The highest BCUT2D eigenvalue weighted by Gasteiger charge is 2.28. The number of hydrazine groups is 1. The maximum atomic E-state index is 5.52. The first-order valence-corrected chi connectivity index (χ1v) is 7.31. The molecule has 0 aliphatic carbocycles. The van der Waals surface area contributed by atoms with E-state index in [9.17, 15) is 0 Å². The van der Waals surface area contributed by atoms with E-state index < -0.39 is 0 Å². The van der Waals surface area contributed by atoms with E-state index in [0.29, 0.717) is 6.04 Å². The molecule has 0 radical (unpaired) electrons. The zero-order valence-corrected chi connectivity index (χ0v) is 11.8. The maximum Gasteiger partial charge on any atom is 0.144 e. The highest BCUT2D eigenvalue weighted by molar-refractivity contribution is 5.42. The minimum atomic E-state index is 0.671. The monoisotopic (exact) mass is 277 g/mol. The highest BCUT2D eigenvalue weighted by Crippen LogP contribution is 2.21. The van der Waals surface area contributed by atoms with E-state index in [2.05, 4.69) is 26.3 Å². The van der Waals surface area contributed by atoms with Crippen LogP contribution in [0, 0.1) is 0 Å². The van der Waals surface area contributed by atoms with Crippen molar-refractivity contribution in [1.82, 2.24) is 14.8 Å². The van der Waals surface area contributed by atoms with E-state index >= 15 is 0 Å². The first-order valence-electron chi connectivity index (χ1n) is 7.31. The van der Waals surface area contributed by atoms with Crippen molar-refractivity contribution < 1.29 is 4.74 Å². The number of pyridine rings is 1. The summed E-state index contributed by atoms with van der Waals surface area (Å²) in [6.45, 7) is 7.07. The number of hydrogen-bond donors (Lipinski definition) is 2. The van der Waals surface area contributed by atoms with Gasteiger partial charge >= 0.3 is 0 Å². The van der Waals surface area contributed by atoms with Gasteiger partial charge in [-0.1, -0.05) is 6.07 Å². The Hall–Kier alpha value is -1.21. The molecule has 0 aromatic carbocycles. The molecule has 2 saturated heterocycles. The predicted octanol–water partition coefficient (Wildman–Crippen LogP) is 0.274. The van der Waals surface area contributed by atoms with Gasteiger partial charge in [-0.25, -0.2) is 10.8 Å². The Labute approximate surface area is 119 Å². The lowest BCUT2D eigenvalue weighted by Gasteiger charge is -2.32. The van der Waals surface area contributed by atoms with Gasteiger partial charge < -0.3 is 10.2 Å². The number of likely N-dealkylation sites (tertiary alicyclic amines) is 1. The minimum absolute atomic E-state index is 0.671. The Morgan fingerprint density at radius 3 is 3.00 bits per heavy atom. The van der Waals surface area contributed by atoms with Gasteiger partial charge in [0.1, 0.15) is 5.82 Å². The Morgan fingerprint density at radius 1 is 1.35 bits per heavy atom. The summed E-state index contributed by atoms with van der Waals surface area (Å²) in [6, 6.07) is 4.72. The fraction of sp³-hybridized carbons (Fsp3) is 0.643. The zero-order chi connectivity index (χ0) is 13.8. The molecule has 2 fully saturated rings. The molecule has 1 aromatic heterocycles. The van der Waals surface area contributed by atoms with Crippen molar-refractivity contribution in [1.29, 1.82) is 0 Å². The molecule has 2 aliphatic rings. The van der Waals surface area contributed by atoms with Crippen molar-refractivity contribution in [3.8, 4) is 0 Å². The third-order valence-electron chi connectivity index (χ3n) is 4.23. The summed E-state index contributed by atoms with van der Waals surface area (Å²) < 4.78 is 5.43. The van der Waals surface area contributed by atoms with E-state index in [4.69, 9.17) is 10.6 Å². The van der Waals surface area contributed by atoms with E-state index in [1.807, 2.05) is 6.07 Å². The summed E-state index contributed by atoms with van der Waals surface area (Å²) in [5, 5.41) is 0. The normalized spacial score (nSPS) is 24.9. The van der Waals surface area contributed by atoms with Crippen LogP contribution in [0.1, 0.15) is 12.0 Å². The first kappa shape index (κ1) is 13.8. The van der Waals surface area contributed by atoms with E-state index in [1.165, 1.54) is 6.42 Å². The van der Waals surface area contributed by atoms with Crippen molar-refractivity contribution in [3.05, 3.63) is 23.9 Å². The number of aromatic nitrogens is 1. The Kier molecular flexibility index (Phi) is 4.47. The van der Waals surface area contributed by atoms with Gasteiger partial charge in [-0.15, -0.1) is 0 Å². The highest BCUT2D eigenvalue weighted by atomic mass is 16.5. The topological polar surface area (TPSA) is 66.7 Å². The Morgan fingerprint density at radius 2 is 2.20 bits per heavy atom. The third kappa shape index (κ3) is 3.09. The summed E-state index contributed by atoms with van der Waals surface area (Å²) in [7, 11) is 0. The fourth-order valence-electron chi connectivity index (χ4n) is 3.13. The molecule has 1 unspecified atom stereocenters. The first-order chi connectivity index (χ1) is 9.86. The number of nitrogens with zero attached hydrogens (tertiary/aromatic N) is 3. The summed E-state index contributed by atoms with van der Waals surface area (Å²) in [6.07, 6.45) is 3.00. The SMILES string of the molecule is NNc1ncccc1CN1CCC(N2CCOCC2)C1. The van der Waals surface area contributed by atoms with Crippen molar-refractivity contribution >= 4 is 5.82 Å². The van der Waals surface area contributed by atoms with Crippen LogP contribution in [0.4, 0.5) is 5.82 Å². The molecule has 3 heterocycles. The second-order valence-corrected chi connectivity index (χ2v) is 5.48. The molecular weight excluding hydrogens is 254 g/mol. The van der Waals surface area contributed by atoms with Crippen LogP contribution in [0.25, 0.3) is 0 Å². The van der Waals surface area contributed by atoms with Gasteiger partial charge in [0.2, 0.25) is 0 Å². The molecule has 0 saturated carbocycles. The maximum absolute atomic E-state index is 5.52. The molecule has 3 rings (SSSR count).